The average molecular weight is 780 g/mol. The molecule has 1 heterocycles. The third-order valence-corrected chi connectivity index (χ3v) is 11.8. The van der Waals surface area contributed by atoms with Gasteiger partial charge < -0.3 is 9.50 Å². The molecule has 1 aliphatic rings. The van der Waals surface area contributed by atoms with Crippen LogP contribution in [-0.2, 0) is 30.5 Å². The van der Waals surface area contributed by atoms with Gasteiger partial charge in [0.15, 0.2) is 9.84 Å². The molecule has 1 N–H and O–H groups in total. The first-order valence-electron chi connectivity index (χ1n) is 12.5. The Morgan fingerprint density at radius 1 is 0.932 bits per heavy atom. The second-order valence-corrected chi connectivity index (χ2v) is 15.8. The van der Waals surface area contributed by atoms with Crippen molar-refractivity contribution in [2.24, 2.45) is 0 Å². The molecule has 10 nitrogen and oxygen atoms in total. The van der Waals surface area contributed by atoms with Crippen molar-refractivity contribution in [3.05, 3.63) is 120 Å². The lowest BCUT2D eigenvalue weighted by molar-refractivity contribution is -0.385. The van der Waals surface area contributed by atoms with Gasteiger partial charge in [0.1, 0.15) is 4.90 Å². The minimum absolute atomic E-state index is 0.0498. The molecule has 1 amide bonds. The van der Waals surface area contributed by atoms with E-state index < -0.39 is 42.2 Å². The number of carbonyl (C=O) groups is 1. The number of hydrogen-bond acceptors (Lipinski definition) is 9. The molecule has 44 heavy (non-hydrogen) atoms. The number of nitrogens with zero attached hydrogens (tertiary/aromatic N) is 1. The number of rotatable bonds is 8. The molecule has 5 rings (SSSR count). The summed E-state index contributed by atoms with van der Waals surface area (Å²) < 4.78 is 58.4. The van der Waals surface area contributed by atoms with E-state index in [4.69, 9.17) is 4.18 Å². The lowest BCUT2D eigenvalue weighted by Crippen LogP contribution is -2.17. The number of carbonyl (C=O) groups excluding carboxylic acids is 1. The molecule has 0 aliphatic carbocycles. The fraction of sp³-hybridized carbons (Fsp3) is 0.0690. The Morgan fingerprint density at radius 3 is 2.25 bits per heavy atom. The Hall–Kier alpha value is -3.50. The summed E-state index contributed by atoms with van der Waals surface area (Å²) >= 11 is 7.78. The van der Waals surface area contributed by atoms with Gasteiger partial charge in [0.05, 0.1) is 26.2 Å². The smallest absolute Gasteiger partial charge is 0.339 e. The predicted molar refractivity (Wildman–Crippen MR) is 174 cm³/mol. The maximum atomic E-state index is 13.3. The number of anilines is 1. The Bertz CT molecular complexity index is 2060. The zero-order valence-corrected chi connectivity index (χ0v) is 28.1. The van der Waals surface area contributed by atoms with E-state index in [1.54, 1.807) is 37.3 Å². The monoisotopic (exact) mass is 778 g/mol. The molecular formula is C29H20Br2N2O8S3. The fourth-order valence-corrected chi connectivity index (χ4v) is 9.22. The molecule has 4 aromatic rings. The molecule has 0 unspecified atom stereocenters. The molecule has 0 saturated carbocycles. The number of thioether (sulfide) groups is 1. The molecule has 0 aromatic heterocycles. The van der Waals surface area contributed by atoms with Crippen LogP contribution >= 0.6 is 43.6 Å². The van der Waals surface area contributed by atoms with Crippen molar-refractivity contribution in [1.82, 2.24) is 0 Å². The molecule has 0 atom stereocenters. The fourth-order valence-electron chi connectivity index (χ4n) is 4.13. The molecule has 15 heteroatoms. The molecule has 4 aromatic carbocycles. The summed E-state index contributed by atoms with van der Waals surface area (Å²) in [5.41, 5.74) is 1.40. The quantitative estimate of drug-likeness (QED) is 0.0844. The number of nitrogens with one attached hydrogen (secondary N) is 1. The van der Waals surface area contributed by atoms with E-state index in [1.165, 1.54) is 42.5 Å². The molecule has 1 aliphatic heterocycles. The first kappa shape index (κ1) is 31.9. The zero-order valence-electron chi connectivity index (χ0n) is 22.5. The van der Waals surface area contributed by atoms with E-state index in [-0.39, 0.29) is 26.0 Å². The second-order valence-electron chi connectivity index (χ2n) is 9.52. The van der Waals surface area contributed by atoms with Crippen LogP contribution in [0.5, 0.6) is 5.75 Å². The largest absolute Gasteiger partial charge is 0.372 e. The highest BCUT2D eigenvalue weighted by molar-refractivity contribution is 9.11. The highest BCUT2D eigenvalue weighted by atomic mass is 79.9. The second kappa shape index (κ2) is 12.5. The van der Waals surface area contributed by atoms with Crippen LogP contribution in [0.3, 0.4) is 0 Å². The number of hydrogen-bond donors (Lipinski definition) is 1. The number of amides is 1. The third-order valence-electron chi connectivity index (χ3n) is 6.39. The van der Waals surface area contributed by atoms with Gasteiger partial charge in [-0.25, -0.2) is 8.42 Å². The van der Waals surface area contributed by atoms with Crippen LogP contribution in [0.2, 0.25) is 0 Å². The zero-order chi connectivity index (χ0) is 31.8. The minimum atomic E-state index is -4.35. The summed E-state index contributed by atoms with van der Waals surface area (Å²) in [7, 11) is -8.13. The van der Waals surface area contributed by atoms with Gasteiger partial charge in [-0.2, -0.15) is 8.42 Å². The Labute approximate surface area is 274 Å². The first-order valence-corrected chi connectivity index (χ1v) is 18.0. The number of fused-ring (bicyclic) bond motifs is 1. The molecule has 226 valence electrons. The van der Waals surface area contributed by atoms with Crippen molar-refractivity contribution in [2.75, 3.05) is 5.32 Å². The van der Waals surface area contributed by atoms with Crippen LogP contribution in [0.15, 0.2) is 107 Å². The Morgan fingerprint density at radius 2 is 1.59 bits per heavy atom. The van der Waals surface area contributed by atoms with Crippen LogP contribution in [0.25, 0.3) is 6.08 Å². The number of sulfone groups is 1. The maximum Gasteiger partial charge on any atom is 0.339 e. The van der Waals surface area contributed by atoms with Gasteiger partial charge >= 0.3 is 15.8 Å². The minimum Gasteiger partial charge on any atom is -0.372 e. The normalized spacial score (nSPS) is 14.2. The molecule has 0 spiro atoms. The summed E-state index contributed by atoms with van der Waals surface area (Å²) in [6, 6.07) is 19.1. The van der Waals surface area contributed by atoms with Gasteiger partial charge in [-0.3, -0.25) is 14.9 Å². The number of nitro groups is 1. The highest BCUT2D eigenvalue weighted by Gasteiger charge is 2.27. The van der Waals surface area contributed by atoms with Gasteiger partial charge in [0, 0.05) is 19.9 Å². The van der Waals surface area contributed by atoms with Crippen molar-refractivity contribution in [3.8, 4) is 5.75 Å². The SMILES string of the molecule is Cc1ccc(S(=O)(=O)Oc2ccc(/C=C3/Sc4cc(S(=O)(=O)Cc5c(Br)cccc5Br)ccc4NC3=O)cc2[N+](=O)[O-])cc1. The molecular weight excluding hydrogens is 760 g/mol. The van der Waals surface area contributed by atoms with Crippen molar-refractivity contribution in [2.45, 2.75) is 27.4 Å². The van der Waals surface area contributed by atoms with Crippen LogP contribution in [-0.4, -0.2) is 27.7 Å². The predicted octanol–water partition coefficient (Wildman–Crippen LogP) is 7.26. The highest BCUT2D eigenvalue weighted by Crippen LogP contribution is 2.41. The first-order chi connectivity index (χ1) is 20.7. The summed E-state index contributed by atoms with van der Waals surface area (Å²) in [6.07, 6.45) is 1.38. The maximum absolute atomic E-state index is 13.3. The molecule has 0 bridgehead atoms. The van der Waals surface area contributed by atoms with Crippen LogP contribution in [0.1, 0.15) is 16.7 Å². The topological polar surface area (TPSA) is 150 Å². The third kappa shape index (κ3) is 6.91. The van der Waals surface area contributed by atoms with Crippen molar-refractivity contribution in [3.63, 3.8) is 0 Å². The molecule has 0 saturated heterocycles. The summed E-state index contributed by atoms with van der Waals surface area (Å²) in [6.45, 7) is 1.78. The Balaban J connectivity index is 1.43. The van der Waals surface area contributed by atoms with E-state index >= 15 is 0 Å². The van der Waals surface area contributed by atoms with Gasteiger partial charge in [0.2, 0.25) is 5.75 Å². The van der Waals surface area contributed by atoms with Crippen molar-refractivity contribution >= 4 is 86.9 Å². The van der Waals surface area contributed by atoms with Crippen LogP contribution < -0.4 is 9.50 Å². The van der Waals surface area contributed by atoms with E-state index in [0.29, 0.717) is 25.1 Å². The van der Waals surface area contributed by atoms with E-state index in [9.17, 15) is 31.7 Å². The van der Waals surface area contributed by atoms with Crippen LogP contribution in [0, 0.1) is 17.0 Å². The average Bonchev–Trinajstić information content (AvgIpc) is 2.96. The number of benzene rings is 4. The summed E-state index contributed by atoms with van der Waals surface area (Å²) in [5.74, 6) is -1.26. The van der Waals surface area contributed by atoms with E-state index in [0.717, 1.165) is 29.5 Å². The van der Waals surface area contributed by atoms with Gasteiger partial charge in [-0.05, 0) is 72.7 Å². The van der Waals surface area contributed by atoms with Gasteiger partial charge in [-0.15, -0.1) is 0 Å². The standard InChI is InChI=1S/C29H20Br2N2O8S3/c1-17-5-8-19(9-6-17)44(39,40)41-26-12-7-18(13-25(26)33(35)36)14-28-29(34)32-24-11-10-20(15-27(24)42-28)43(37,38)16-21-22(30)3-2-4-23(21)31/h2-15H,16H2,1H3,(H,32,34)/b28-14+. The number of halogens is 2. The summed E-state index contributed by atoms with van der Waals surface area (Å²) in [5, 5.41) is 14.5. The summed E-state index contributed by atoms with van der Waals surface area (Å²) in [4.78, 5) is 24.4. The van der Waals surface area contributed by atoms with E-state index in [2.05, 4.69) is 37.2 Å². The lowest BCUT2D eigenvalue weighted by atomic mass is 10.1. The number of aryl methyl sites for hydroxylation is 1. The number of nitro benzene ring substituents is 1. The molecule has 0 fully saturated rings. The van der Waals surface area contributed by atoms with Crippen molar-refractivity contribution < 1.29 is 30.7 Å². The molecule has 0 radical (unpaired) electrons. The van der Waals surface area contributed by atoms with Gasteiger partial charge in [-0.1, -0.05) is 73.5 Å². The van der Waals surface area contributed by atoms with Crippen LogP contribution in [0.4, 0.5) is 11.4 Å². The van der Waals surface area contributed by atoms with Gasteiger partial charge in [0.25, 0.3) is 5.91 Å². The van der Waals surface area contributed by atoms with E-state index in [1.807, 2.05) is 0 Å². The van der Waals surface area contributed by atoms with Crippen molar-refractivity contribution in [1.29, 1.82) is 0 Å². The lowest BCUT2D eigenvalue weighted by Gasteiger charge is -2.19. The Kier molecular flexibility index (Phi) is 9.05.